The molecule has 5 aromatic rings. The lowest BCUT2D eigenvalue weighted by Gasteiger charge is -2.25. The number of fused-ring (bicyclic) bond motifs is 1. The standard InChI is InChI=1S/C32H23N3O6S/c1-2-40-31(37)27-28(20-10-5-3-6-11-20)33-32-34(29(27)21-12-7-4-8-13-21)30(36)26(42-32)19-24-16-17-25(41-24)22-14-9-15-23(18-22)35(38)39/h3-19,29H,2H2,1H3/b26-19-/t29-/m1/s1. The number of thiazole rings is 1. The van der Waals surface area contributed by atoms with Crippen molar-refractivity contribution in [1.82, 2.24) is 4.57 Å². The van der Waals surface area contributed by atoms with Crippen LogP contribution in [0.15, 0.2) is 117 Å². The van der Waals surface area contributed by atoms with Gasteiger partial charge in [-0.25, -0.2) is 9.79 Å². The van der Waals surface area contributed by atoms with Crippen molar-refractivity contribution in [2.24, 2.45) is 4.99 Å². The van der Waals surface area contributed by atoms with E-state index in [4.69, 9.17) is 14.1 Å². The molecule has 0 N–H and O–H groups in total. The number of ether oxygens (including phenoxy) is 1. The van der Waals surface area contributed by atoms with E-state index in [9.17, 15) is 19.7 Å². The number of non-ortho nitro benzene ring substituents is 1. The van der Waals surface area contributed by atoms with Crippen molar-refractivity contribution in [1.29, 1.82) is 0 Å². The number of carbonyl (C=O) groups excluding carboxylic acids is 1. The van der Waals surface area contributed by atoms with Crippen molar-refractivity contribution in [2.75, 3.05) is 6.61 Å². The molecule has 0 spiro atoms. The normalized spacial score (nSPS) is 14.8. The molecule has 6 rings (SSSR count). The van der Waals surface area contributed by atoms with E-state index in [-0.39, 0.29) is 23.4 Å². The van der Waals surface area contributed by atoms with E-state index in [0.717, 1.165) is 11.1 Å². The summed E-state index contributed by atoms with van der Waals surface area (Å²) in [4.78, 5) is 43.4. The molecular formula is C32H23N3O6S. The molecule has 2 aromatic heterocycles. The predicted molar refractivity (Wildman–Crippen MR) is 158 cm³/mol. The molecular weight excluding hydrogens is 554 g/mol. The highest BCUT2D eigenvalue weighted by molar-refractivity contribution is 7.07. The zero-order chi connectivity index (χ0) is 29.2. The Morgan fingerprint density at radius 2 is 1.74 bits per heavy atom. The first-order valence-electron chi connectivity index (χ1n) is 13.1. The maximum Gasteiger partial charge on any atom is 0.338 e. The highest BCUT2D eigenvalue weighted by Gasteiger charge is 2.35. The van der Waals surface area contributed by atoms with Crippen molar-refractivity contribution in [3.63, 3.8) is 0 Å². The molecule has 10 heteroatoms. The van der Waals surface area contributed by atoms with Crippen LogP contribution in [0.25, 0.3) is 23.1 Å². The van der Waals surface area contributed by atoms with Gasteiger partial charge in [0.1, 0.15) is 11.5 Å². The Kier molecular flexibility index (Phi) is 7.20. The van der Waals surface area contributed by atoms with Crippen LogP contribution in [0.1, 0.15) is 29.9 Å². The third kappa shape index (κ3) is 4.99. The van der Waals surface area contributed by atoms with E-state index in [1.165, 1.54) is 28.0 Å². The minimum atomic E-state index is -0.768. The van der Waals surface area contributed by atoms with Crippen LogP contribution in [0.5, 0.6) is 0 Å². The van der Waals surface area contributed by atoms with Crippen LogP contribution >= 0.6 is 11.3 Å². The number of aromatic nitrogens is 1. The van der Waals surface area contributed by atoms with Gasteiger partial charge in [0.25, 0.3) is 11.2 Å². The molecule has 0 unspecified atom stereocenters. The molecule has 208 valence electrons. The fraction of sp³-hybridized carbons (Fsp3) is 0.0938. The largest absolute Gasteiger partial charge is 0.463 e. The summed E-state index contributed by atoms with van der Waals surface area (Å²) in [5, 5.41) is 11.2. The minimum Gasteiger partial charge on any atom is -0.463 e. The summed E-state index contributed by atoms with van der Waals surface area (Å²) in [6.45, 7) is 1.90. The van der Waals surface area contributed by atoms with Crippen LogP contribution in [0.4, 0.5) is 5.69 Å². The second-order valence-corrected chi connectivity index (χ2v) is 10.4. The molecule has 0 amide bonds. The fourth-order valence-corrected chi connectivity index (χ4v) is 5.86. The smallest absolute Gasteiger partial charge is 0.338 e. The van der Waals surface area contributed by atoms with E-state index in [1.54, 1.807) is 37.3 Å². The van der Waals surface area contributed by atoms with Gasteiger partial charge in [-0.1, -0.05) is 84.1 Å². The van der Waals surface area contributed by atoms with Gasteiger partial charge in [0.05, 0.1) is 33.4 Å². The Morgan fingerprint density at radius 1 is 1.02 bits per heavy atom. The maximum absolute atomic E-state index is 14.0. The highest BCUT2D eigenvalue weighted by Crippen LogP contribution is 2.35. The van der Waals surface area contributed by atoms with Crippen molar-refractivity contribution in [3.8, 4) is 11.3 Å². The van der Waals surface area contributed by atoms with E-state index >= 15 is 0 Å². The SMILES string of the molecule is CCOC(=O)C1=C(c2ccccc2)N=c2s/c(=C\c3ccc(-c4cccc([N+](=O)[O-])c4)o3)c(=O)n2[C@@H]1c1ccccc1. The van der Waals surface area contributed by atoms with E-state index in [2.05, 4.69) is 0 Å². The Balaban J connectivity index is 1.53. The molecule has 1 aliphatic rings. The van der Waals surface area contributed by atoms with Gasteiger partial charge in [-0.05, 0) is 24.6 Å². The maximum atomic E-state index is 14.0. The van der Waals surface area contributed by atoms with Gasteiger partial charge in [-0.15, -0.1) is 0 Å². The number of rotatable bonds is 7. The first-order chi connectivity index (χ1) is 20.4. The molecule has 0 fully saturated rings. The Morgan fingerprint density at radius 3 is 2.45 bits per heavy atom. The van der Waals surface area contributed by atoms with Crippen molar-refractivity contribution < 1.29 is 18.9 Å². The van der Waals surface area contributed by atoms with Crippen LogP contribution in [0.2, 0.25) is 0 Å². The van der Waals surface area contributed by atoms with Crippen LogP contribution in [0.3, 0.4) is 0 Å². The van der Waals surface area contributed by atoms with E-state index in [0.29, 0.717) is 32.1 Å². The van der Waals surface area contributed by atoms with Gasteiger partial charge < -0.3 is 9.15 Å². The highest BCUT2D eigenvalue weighted by atomic mass is 32.1. The quantitative estimate of drug-likeness (QED) is 0.151. The molecule has 0 saturated heterocycles. The number of nitrogens with zero attached hydrogens (tertiary/aromatic N) is 3. The molecule has 3 aromatic carbocycles. The third-order valence-electron chi connectivity index (χ3n) is 6.73. The zero-order valence-corrected chi connectivity index (χ0v) is 23.1. The fourth-order valence-electron chi connectivity index (χ4n) is 4.88. The molecule has 0 bridgehead atoms. The van der Waals surface area contributed by atoms with Gasteiger partial charge in [0.15, 0.2) is 4.80 Å². The number of furan rings is 1. The van der Waals surface area contributed by atoms with Crippen molar-refractivity contribution >= 4 is 34.8 Å². The van der Waals surface area contributed by atoms with Crippen molar-refractivity contribution in [3.05, 3.63) is 149 Å². The molecule has 9 nitrogen and oxygen atoms in total. The van der Waals surface area contributed by atoms with Gasteiger partial charge in [-0.3, -0.25) is 19.5 Å². The summed E-state index contributed by atoms with van der Waals surface area (Å²) < 4.78 is 13.3. The molecule has 1 atom stereocenters. The molecule has 42 heavy (non-hydrogen) atoms. The number of nitro benzene ring substituents is 1. The van der Waals surface area contributed by atoms with E-state index in [1.807, 2.05) is 60.7 Å². The Bertz CT molecular complexity index is 2020. The third-order valence-corrected chi connectivity index (χ3v) is 7.71. The monoisotopic (exact) mass is 577 g/mol. The summed E-state index contributed by atoms with van der Waals surface area (Å²) in [6.07, 6.45) is 1.61. The minimum absolute atomic E-state index is 0.0497. The lowest BCUT2D eigenvalue weighted by atomic mass is 9.93. The molecule has 0 radical (unpaired) electrons. The second-order valence-electron chi connectivity index (χ2n) is 9.35. The van der Waals surface area contributed by atoms with Gasteiger partial charge >= 0.3 is 5.97 Å². The molecule has 1 aliphatic heterocycles. The summed E-state index contributed by atoms with van der Waals surface area (Å²) in [7, 11) is 0. The first-order valence-corrected chi connectivity index (χ1v) is 13.9. The summed E-state index contributed by atoms with van der Waals surface area (Å²) in [5.41, 5.74) is 2.34. The Labute approximate surface area is 243 Å². The second kappa shape index (κ2) is 11.3. The molecule has 0 saturated carbocycles. The van der Waals surface area contributed by atoms with Crippen LogP contribution < -0.4 is 14.9 Å². The summed E-state index contributed by atoms with van der Waals surface area (Å²) >= 11 is 1.18. The number of hydrogen-bond acceptors (Lipinski definition) is 8. The number of carbonyl (C=O) groups is 1. The number of esters is 1. The Hall–Kier alpha value is -5.35. The lowest BCUT2D eigenvalue weighted by molar-refractivity contribution is -0.384. The number of benzene rings is 3. The average molecular weight is 578 g/mol. The molecule has 3 heterocycles. The van der Waals surface area contributed by atoms with Gasteiger partial charge in [-0.2, -0.15) is 0 Å². The topological polar surface area (TPSA) is 117 Å². The summed E-state index contributed by atoms with van der Waals surface area (Å²) in [6, 6.07) is 27.4. The first kappa shape index (κ1) is 26.9. The van der Waals surface area contributed by atoms with Crippen LogP contribution in [-0.4, -0.2) is 22.1 Å². The van der Waals surface area contributed by atoms with E-state index < -0.39 is 16.9 Å². The van der Waals surface area contributed by atoms with Gasteiger partial charge in [0, 0.05) is 29.3 Å². The van der Waals surface area contributed by atoms with Crippen LogP contribution in [-0.2, 0) is 9.53 Å². The molecule has 0 aliphatic carbocycles. The lowest BCUT2D eigenvalue weighted by Crippen LogP contribution is -2.39. The average Bonchev–Trinajstić information content (AvgIpc) is 3.61. The predicted octanol–water partition coefficient (Wildman–Crippen LogP) is 5.10. The zero-order valence-electron chi connectivity index (χ0n) is 22.3. The van der Waals surface area contributed by atoms with Crippen molar-refractivity contribution in [2.45, 2.75) is 13.0 Å². The van der Waals surface area contributed by atoms with Gasteiger partial charge in [0.2, 0.25) is 0 Å². The number of nitro groups is 1. The number of hydrogen-bond donors (Lipinski definition) is 0. The summed E-state index contributed by atoms with van der Waals surface area (Å²) in [5.74, 6) is 0.276. The van der Waals surface area contributed by atoms with Crippen LogP contribution in [0, 0.1) is 10.1 Å².